The van der Waals surface area contributed by atoms with E-state index in [-0.39, 0.29) is 17.5 Å². The number of primary amides is 1. The minimum absolute atomic E-state index is 0.00374. The number of carbonyl (C=O) groups excluding carboxylic acids is 1. The highest BCUT2D eigenvalue weighted by Crippen LogP contribution is 2.20. The van der Waals surface area contributed by atoms with Gasteiger partial charge in [0.15, 0.2) is 12.0 Å². The molecule has 0 spiro atoms. The smallest absolute Gasteiger partial charge is 0.252 e. The zero-order chi connectivity index (χ0) is 21.0. The predicted molar refractivity (Wildman–Crippen MR) is 110 cm³/mol. The van der Waals surface area contributed by atoms with Crippen LogP contribution >= 0.6 is 0 Å². The lowest BCUT2D eigenvalue weighted by molar-refractivity contribution is -0.114. The van der Waals surface area contributed by atoms with Crippen LogP contribution in [0.2, 0.25) is 0 Å². The number of amides is 1. The number of aromatic nitrogens is 3. The van der Waals surface area contributed by atoms with E-state index in [1.165, 1.54) is 6.08 Å². The Morgan fingerprint density at radius 1 is 1.45 bits per heavy atom. The fraction of sp³-hybridized carbons (Fsp3) is 0.421. The van der Waals surface area contributed by atoms with Gasteiger partial charge in [-0.05, 0) is 24.5 Å². The quantitative estimate of drug-likeness (QED) is 0.449. The molecule has 2 unspecified atom stereocenters. The van der Waals surface area contributed by atoms with E-state index in [1.807, 2.05) is 6.20 Å². The maximum Gasteiger partial charge on any atom is 0.252 e. The highest BCUT2D eigenvalue weighted by Gasteiger charge is 2.30. The number of amidine groups is 1. The van der Waals surface area contributed by atoms with Crippen LogP contribution in [-0.4, -0.2) is 51.4 Å². The van der Waals surface area contributed by atoms with Crippen LogP contribution in [-0.2, 0) is 4.79 Å². The van der Waals surface area contributed by atoms with Crippen LogP contribution < -0.4 is 22.1 Å². The zero-order valence-corrected chi connectivity index (χ0v) is 16.5. The molecule has 0 fully saturated rings. The summed E-state index contributed by atoms with van der Waals surface area (Å²) in [5, 5.41) is 9.16. The Morgan fingerprint density at radius 3 is 2.79 bits per heavy atom. The van der Waals surface area contributed by atoms with Crippen LogP contribution in [0.4, 0.5) is 10.1 Å². The SMILES string of the molecule is CC(C)C[C@H](CN)NC1N=C(Nc2ccnc(-n3cc[nH]3)c2)C(C(N)=O)=CC1F. The summed E-state index contributed by atoms with van der Waals surface area (Å²) in [6.07, 6.45) is 4.82. The molecule has 7 N–H and O–H groups in total. The van der Waals surface area contributed by atoms with Crippen molar-refractivity contribution in [3.05, 3.63) is 42.4 Å². The predicted octanol–water partition coefficient (Wildman–Crippen LogP) is 1.06. The van der Waals surface area contributed by atoms with Gasteiger partial charge in [-0.1, -0.05) is 13.8 Å². The standard InChI is InChI=1S/C19H27FN8O/c1-11(2)7-13(10-21)26-19-15(20)9-14(17(22)29)18(27-19)25-12-3-4-23-16(8-12)28-6-5-24-28/h3-6,8-9,11,13,15,19,24,26H,7,10,21H2,1-2H3,(H2,22,29)(H,23,25,27)/t13-,15?,19?/m1/s1. The van der Waals surface area contributed by atoms with E-state index in [4.69, 9.17) is 11.5 Å². The summed E-state index contributed by atoms with van der Waals surface area (Å²) in [4.78, 5) is 20.5. The highest BCUT2D eigenvalue weighted by molar-refractivity contribution is 6.25. The maximum absolute atomic E-state index is 14.7. The number of rotatable bonds is 8. The number of hydrogen-bond acceptors (Lipinski definition) is 6. The summed E-state index contributed by atoms with van der Waals surface area (Å²) in [5.74, 6) is 0.497. The Kier molecular flexibility index (Phi) is 6.45. The van der Waals surface area contributed by atoms with Gasteiger partial charge in [0.25, 0.3) is 5.91 Å². The lowest BCUT2D eigenvalue weighted by atomic mass is 10.0. The van der Waals surface area contributed by atoms with Gasteiger partial charge in [0.2, 0.25) is 0 Å². The van der Waals surface area contributed by atoms with Crippen LogP contribution in [0, 0.1) is 5.92 Å². The van der Waals surface area contributed by atoms with Crippen molar-refractivity contribution in [3.8, 4) is 5.82 Å². The van der Waals surface area contributed by atoms with E-state index in [0.717, 1.165) is 6.42 Å². The van der Waals surface area contributed by atoms with E-state index in [9.17, 15) is 9.18 Å². The molecule has 2 aromatic rings. The van der Waals surface area contributed by atoms with Crippen molar-refractivity contribution in [2.75, 3.05) is 11.9 Å². The minimum Gasteiger partial charge on any atom is -0.365 e. The van der Waals surface area contributed by atoms with Gasteiger partial charge in [0.05, 0.1) is 5.57 Å². The molecule has 0 saturated heterocycles. The van der Waals surface area contributed by atoms with E-state index in [1.54, 1.807) is 29.2 Å². The second kappa shape index (κ2) is 9.01. The number of aromatic amines is 1. The van der Waals surface area contributed by atoms with Crippen molar-refractivity contribution in [2.45, 2.75) is 38.6 Å². The van der Waals surface area contributed by atoms with Crippen molar-refractivity contribution < 1.29 is 9.18 Å². The number of aliphatic imine (C=N–C) groups is 1. The van der Waals surface area contributed by atoms with Crippen molar-refractivity contribution in [2.24, 2.45) is 22.4 Å². The number of carbonyl (C=O) groups is 1. The maximum atomic E-state index is 14.7. The molecule has 3 rings (SSSR count). The highest BCUT2D eigenvalue weighted by atomic mass is 19.1. The zero-order valence-electron chi connectivity index (χ0n) is 16.5. The van der Waals surface area contributed by atoms with E-state index in [0.29, 0.717) is 24.0 Å². The molecule has 2 aromatic heterocycles. The molecule has 156 valence electrons. The first kappa shape index (κ1) is 20.7. The first-order chi connectivity index (χ1) is 13.9. The number of H-pyrrole nitrogens is 1. The second-order valence-corrected chi connectivity index (χ2v) is 7.38. The minimum atomic E-state index is -1.49. The Morgan fingerprint density at radius 2 is 2.21 bits per heavy atom. The largest absolute Gasteiger partial charge is 0.365 e. The first-order valence-electron chi connectivity index (χ1n) is 9.52. The number of nitrogens with two attached hydrogens (primary N) is 2. The normalized spacial score (nSPS) is 20.3. The average Bonchev–Trinajstić information content (AvgIpc) is 2.61. The molecule has 0 aromatic carbocycles. The van der Waals surface area contributed by atoms with Crippen LogP contribution in [0.1, 0.15) is 20.3 Å². The third-order valence-corrected chi connectivity index (χ3v) is 4.56. The molecule has 0 aliphatic carbocycles. The van der Waals surface area contributed by atoms with Crippen LogP contribution in [0.25, 0.3) is 5.82 Å². The molecule has 3 atom stereocenters. The van der Waals surface area contributed by atoms with Gasteiger partial charge in [0.1, 0.15) is 12.0 Å². The van der Waals surface area contributed by atoms with Crippen LogP contribution in [0.15, 0.2) is 47.4 Å². The third-order valence-electron chi connectivity index (χ3n) is 4.56. The van der Waals surface area contributed by atoms with Crippen molar-refractivity contribution in [1.29, 1.82) is 0 Å². The van der Waals surface area contributed by atoms with Gasteiger partial charge in [-0.2, -0.15) is 0 Å². The third kappa shape index (κ3) is 5.09. The molecule has 9 nitrogen and oxygen atoms in total. The molecule has 3 heterocycles. The second-order valence-electron chi connectivity index (χ2n) is 7.38. The topological polar surface area (TPSA) is 139 Å². The van der Waals surface area contributed by atoms with Gasteiger partial charge in [0, 0.05) is 42.9 Å². The molecule has 0 bridgehead atoms. The van der Waals surface area contributed by atoms with Crippen LogP contribution in [0.3, 0.4) is 0 Å². The van der Waals surface area contributed by atoms with Gasteiger partial charge in [-0.25, -0.2) is 19.0 Å². The van der Waals surface area contributed by atoms with Gasteiger partial charge in [-0.15, -0.1) is 0 Å². The van der Waals surface area contributed by atoms with E-state index in [2.05, 4.69) is 39.6 Å². The number of nitrogens with zero attached hydrogens (tertiary/aromatic N) is 3. The molecule has 1 aliphatic rings. The number of nitrogens with one attached hydrogen (secondary N) is 3. The molecular weight excluding hydrogens is 375 g/mol. The number of halogens is 1. The first-order valence-corrected chi connectivity index (χ1v) is 9.52. The number of pyridine rings is 1. The summed E-state index contributed by atoms with van der Waals surface area (Å²) in [6.45, 7) is 4.50. The molecule has 1 aliphatic heterocycles. The van der Waals surface area contributed by atoms with Crippen molar-refractivity contribution >= 4 is 17.4 Å². The Labute approximate surface area is 168 Å². The van der Waals surface area contributed by atoms with E-state index >= 15 is 0 Å². The number of anilines is 1. The van der Waals surface area contributed by atoms with E-state index < -0.39 is 18.2 Å². The molecule has 10 heteroatoms. The Bertz CT molecular complexity index is 890. The molecule has 0 saturated carbocycles. The molecule has 0 radical (unpaired) electrons. The fourth-order valence-corrected chi connectivity index (χ4v) is 3.14. The van der Waals surface area contributed by atoms with Crippen LogP contribution in [0.5, 0.6) is 0 Å². The average molecular weight is 402 g/mol. The lowest BCUT2D eigenvalue weighted by Crippen LogP contribution is -2.49. The lowest BCUT2D eigenvalue weighted by Gasteiger charge is -2.28. The van der Waals surface area contributed by atoms with Gasteiger partial charge in [-0.3, -0.25) is 15.2 Å². The molecule has 1 amide bonds. The summed E-state index contributed by atoms with van der Waals surface area (Å²) in [7, 11) is 0. The summed E-state index contributed by atoms with van der Waals surface area (Å²) < 4.78 is 16.4. The van der Waals surface area contributed by atoms with Gasteiger partial charge < -0.3 is 16.8 Å². The van der Waals surface area contributed by atoms with Crippen molar-refractivity contribution in [3.63, 3.8) is 0 Å². The fourth-order valence-electron chi connectivity index (χ4n) is 3.14. The Balaban J connectivity index is 1.83. The number of hydrogen-bond donors (Lipinski definition) is 5. The molecular formula is C19H27FN8O. The number of alkyl halides is 1. The Hall–Kier alpha value is -2.98. The summed E-state index contributed by atoms with van der Waals surface area (Å²) in [5.41, 5.74) is 11.9. The molecule has 29 heavy (non-hydrogen) atoms. The summed E-state index contributed by atoms with van der Waals surface area (Å²) in [6, 6.07) is 3.39. The summed E-state index contributed by atoms with van der Waals surface area (Å²) >= 11 is 0. The van der Waals surface area contributed by atoms with Crippen molar-refractivity contribution in [1.82, 2.24) is 20.1 Å². The van der Waals surface area contributed by atoms with Gasteiger partial charge >= 0.3 is 0 Å². The number of dihydropyridines is 1. The monoisotopic (exact) mass is 402 g/mol.